The lowest BCUT2D eigenvalue weighted by atomic mass is 10.1. The van der Waals surface area contributed by atoms with Crippen molar-refractivity contribution in [3.63, 3.8) is 0 Å². The van der Waals surface area contributed by atoms with Crippen LogP contribution in [0.3, 0.4) is 0 Å². The van der Waals surface area contributed by atoms with Gasteiger partial charge in [-0.2, -0.15) is 0 Å². The van der Waals surface area contributed by atoms with E-state index < -0.39 is 5.97 Å². The van der Waals surface area contributed by atoms with E-state index in [1.807, 2.05) is 0 Å². The van der Waals surface area contributed by atoms with E-state index in [1.54, 1.807) is 12.1 Å². The van der Waals surface area contributed by atoms with Crippen molar-refractivity contribution in [2.24, 2.45) is 5.92 Å². The highest BCUT2D eigenvalue weighted by Crippen LogP contribution is 2.39. The summed E-state index contributed by atoms with van der Waals surface area (Å²) in [5.41, 5.74) is 0.669. The van der Waals surface area contributed by atoms with Crippen molar-refractivity contribution in [1.82, 2.24) is 0 Å². The third kappa shape index (κ3) is 5.38. The molecular weight excluding hydrogens is 272 g/mol. The number of methoxy groups -OCH3 is 2. The van der Waals surface area contributed by atoms with Crippen LogP contribution < -0.4 is 14.2 Å². The maximum Gasteiger partial charge on any atom is 0.328 e. The van der Waals surface area contributed by atoms with E-state index in [-0.39, 0.29) is 0 Å². The maximum absolute atomic E-state index is 10.6. The molecule has 0 aliphatic rings. The van der Waals surface area contributed by atoms with Crippen molar-refractivity contribution in [2.45, 2.75) is 20.3 Å². The molecule has 0 aliphatic carbocycles. The van der Waals surface area contributed by atoms with Gasteiger partial charge in [0.2, 0.25) is 5.75 Å². The Kier molecular flexibility index (Phi) is 6.59. The zero-order chi connectivity index (χ0) is 15.8. The van der Waals surface area contributed by atoms with Crippen LogP contribution in [0.25, 0.3) is 6.08 Å². The number of carbonyl (C=O) groups is 1. The zero-order valence-electron chi connectivity index (χ0n) is 12.9. The number of hydrogen-bond donors (Lipinski definition) is 1. The SMILES string of the molecule is COc1cc(/C=C/C(=O)O)cc(OC)c1OCCC(C)C. The van der Waals surface area contributed by atoms with Crippen LogP contribution >= 0.6 is 0 Å². The lowest BCUT2D eigenvalue weighted by Gasteiger charge is -2.16. The maximum atomic E-state index is 10.6. The van der Waals surface area contributed by atoms with Gasteiger partial charge >= 0.3 is 5.97 Å². The van der Waals surface area contributed by atoms with Gasteiger partial charge in [-0.05, 0) is 36.1 Å². The highest BCUT2D eigenvalue weighted by atomic mass is 16.5. The summed E-state index contributed by atoms with van der Waals surface area (Å²) in [6.07, 6.45) is 3.46. The molecule has 0 bridgehead atoms. The summed E-state index contributed by atoms with van der Waals surface area (Å²) in [5.74, 6) is 1.10. The van der Waals surface area contributed by atoms with Crippen LogP contribution in [0.1, 0.15) is 25.8 Å². The van der Waals surface area contributed by atoms with Crippen LogP contribution in [0, 0.1) is 5.92 Å². The Hall–Kier alpha value is -2.17. The van der Waals surface area contributed by atoms with Gasteiger partial charge in [0.1, 0.15) is 0 Å². The molecule has 0 saturated heterocycles. The molecule has 5 nitrogen and oxygen atoms in total. The molecule has 5 heteroatoms. The number of benzene rings is 1. The second-order valence-corrected chi connectivity index (χ2v) is 4.96. The highest BCUT2D eigenvalue weighted by molar-refractivity contribution is 5.85. The van der Waals surface area contributed by atoms with E-state index in [9.17, 15) is 4.79 Å². The van der Waals surface area contributed by atoms with E-state index in [0.717, 1.165) is 12.5 Å². The summed E-state index contributed by atoms with van der Waals surface area (Å²) in [6.45, 7) is 4.81. The van der Waals surface area contributed by atoms with Crippen LogP contribution in [-0.2, 0) is 4.79 Å². The fourth-order valence-electron chi connectivity index (χ4n) is 1.70. The van der Waals surface area contributed by atoms with Crippen molar-refractivity contribution < 1.29 is 24.1 Å². The van der Waals surface area contributed by atoms with Crippen LogP contribution in [0.2, 0.25) is 0 Å². The molecule has 1 aromatic carbocycles. The first-order valence-corrected chi connectivity index (χ1v) is 6.77. The minimum absolute atomic E-state index is 0.517. The number of ether oxygens (including phenoxy) is 3. The Balaban J connectivity index is 3.03. The fraction of sp³-hybridized carbons (Fsp3) is 0.438. The van der Waals surface area contributed by atoms with Gasteiger partial charge in [0.05, 0.1) is 20.8 Å². The van der Waals surface area contributed by atoms with Gasteiger partial charge in [-0.1, -0.05) is 13.8 Å². The first-order chi connectivity index (χ1) is 9.97. The molecule has 0 aromatic heterocycles. The van der Waals surface area contributed by atoms with E-state index in [1.165, 1.54) is 20.3 Å². The molecule has 1 aromatic rings. The topological polar surface area (TPSA) is 65.0 Å². The van der Waals surface area contributed by atoms with Crippen molar-refractivity contribution >= 4 is 12.0 Å². The highest BCUT2D eigenvalue weighted by Gasteiger charge is 2.13. The summed E-state index contributed by atoms with van der Waals surface area (Å²) in [6, 6.07) is 3.43. The molecule has 0 fully saturated rings. The largest absolute Gasteiger partial charge is 0.493 e. The van der Waals surface area contributed by atoms with Crippen LogP contribution in [-0.4, -0.2) is 31.9 Å². The molecule has 1 rings (SSSR count). The molecule has 0 spiro atoms. The van der Waals surface area contributed by atoms with Gasteiger partial charge < -0.3 is 19.3 Å². The fourth-order valence-corrected chi connectivity index (χ4v) is 1.70. The Morgan fingerprint density at radius 3 is 2.24 bits per heavy atom. The smallest absolute Gasteiger partial charge is 0.328 e. The number of carboxylic acids is 1. The second-order valence-electron chi connectivity index (χ2n) is 4.96. The minimum atomic E-state index is -1.01. The van der Waals surface area contributed by atoms with Crippen LogP contribution in [0.4, 0.5) is 0 Å². The minimum Gasteiger partial charge on any atom is -0.493 e. The first-order valence-electron chi connectivity index (χ1n) is 6.77. The third-order valence-corrected chi connectivity index (χ3v) is 2.84. The third-order valence-electron chi connectivity index (χ3n) is 2.84. The number of rotatable bonds is 8. The molecule has 0 amide bonds. The van der Waals surface area contributed by atoms with Crippen molar-refractivity contribution in [2.75, 3.05) is 20.8 Å². The predicted octanol–water partition coefficient (Wildman–Crippen LogP) is 3.23. The quantitative estimate of drug-likeness (QED) is 0.746. The van der Waals surface area contributed by atoms with Gasteiger partial charge in [-0.3, -0.25) is 0 Å². The van der Waals surface area contributed by atoms with Gasteiger partial charge in [-0.15, -0.1) is 0 Å². The zero-order valence-corrected chi connectivity index (χ0v) is 12.9. The monoisotopic (exact) mass is 294 g/mol. The Labute approximate surface area is 125 Å². The molecular formula is C16H22O5. The molecule has 21 heavy (non-hydrogen) atoms. The number of carboxylic acid groups (broad SMARTS) is 1. The number of aliphatic carboxylic acids is 1. The normalized spacial score (nSPS) is 10.9. The van der Waals surface area contributed by atoms with E-state index in [2.05, 4.69) is 13.8 Å². The second kappa shape index (κ2) is 8.19. The average molecular weight is 294 g/mol. The summed E-state index contributed by atoms with van der Waals surface area (Å²) < 4.78 is 16.4. The van der Waals surface area contributed by atoms with Crippen molar-refractivity contribution in [3.8, 4) is 17.2 Å². The molecule has 0 atom stereocenters. The summed E-state index contributed by atoms with van der Waals surface area (Å²) in [4.78, 5) is 10.6. The van der Waals surface area contributed by atoms with Crippen molar-refractivity contribution in [1.29, 1.82) is 0 Å². The van der Waals surface area contributed by atoms with E-state index >= 15 is 0 Å². The molecule has 1 N–H and O–H groups in total. The molecule has 0 aliphatic heterocycles. The van der Waals surface area contributed by atoms with Gasteiger partial charge in [0.25, 0.3) is 0 Å². The van der Waals surface area contributed by atoms with Gasteiger partial charge in [0.15, 0.2) is 11.5 Å². The summed E-state index contributed by atoms with van der Waals surface area (Å²) in [7, 11) is 3.07. The lowest BCUT2D eigenvalue weighted by Crippen LogP contribution is -2.04. The summed E-state index contributed by atoms with van der Waals surface area (Å²) in [5, 5.41) is 8.68. The molecule has 0 unspecified atom stereocenters. The van der Waals surface area contributed by atoms with E-state index in [4.69, 9.17) is 19.3 Å². The standard InChI is InChI=1S/C16H22O5/c1-11(2)7-8-21-16-13(19-3)9-12(5-6-15(17)18)10-14(16)20-4/h5-6,9-11H,7-8H2,1-4H3,(H,17,18)/b6-5+. The van der Waals surface area contributed by atoms with Gasteiger partial charge in [0, 0.05) is 6.08 Å². The Bertz CT molecular complexity index is 480. The van der Waals surface area contributed by atoms with E-state index in [0.29, 0.717) is 35.3 Å². The Morgan fingerprint density at radius 1 is 1.24 bits per heavy atom. The molecule has 0 heterocycles. The van der Waals surface area contributed by atoms with Crippen molar-refractivity contribution in [3.05, 3.63) is 23.8 Å². The molecule has 0 saturated carbocycles. The van der Waals surface area contributed by atoms with Crippen LogP contribution in [0.15, 0.2) is 18.2 Å². The average Bonchev–Trinajstić information content (AvgIpc) is 2.44. The Morgan fingerprint density at radius 2 is 1.81 bits per heavy atom. The number of hydrogen-bond acceptors (Lipinski definition) is 4. The molecule has 116 valence electrons. The predicted molar refractivity (Wildman–Crippen MR) is 81.2 cm³/mol. The van der Waals surface area contributed by atoms with Crippen LogP contribution in [0.5, 0.6) is 17.2 Å². The molecule has 0 radical (unpaired) electrons. The lowest BCUT2D eigenvalue weighted by molar-refractivity contribution is -0.131. The first kappa shape index (κ1) is 16.9. The van der Waals surface area contributed by atoms with Gasteiger partial charge in [-0.25, -0.2) is 4.79 Å². The summed E-state index contributed by atoms with van der Waals surface area (Å²) >= 11 is 0.